The summed E-state index contributed by atoms with van der Waals surface area (Å²) in [6.07, 6.45) is 0. The molecule has 4 heteroatoms. The number of hydrogen-bond acceptors (Lipinski definition) is 3. The molecule has 68 valence electrons. The molecular weight excluding hydrogens is 266 g/mol. The van der Waals surface area contributed by atoms with Crippen LogP contribution in [-0.4, -0.2) is 0 Å². The molecule has 0 saturated heterocycles. The third-order valence-corrected chi connectivity index (χ3v) is 4.27. The van der Waals surface area contributed by atoms with Crippen molar-refractivity contribution in [2.24, 2.45) is 0 Å². The van der Waals surface area contributed by atoms with Crippen molar-refractivity contribution in [1.82, 2.24) is 0 Å². The van der Waals surface area contributed by atoms with E-state index in [9.17, 15) is 0 Å². The summed E-state index contributed by atoms with van der Waals surface area (Å²) < 4.78 is 1.18. The van der Waals surface area contributed by atoms with Gasteiger partial charge >= 0.3 is 0 Å². The van der Waals surface area contributed by atoms with Crippen LogP contribution in [0.3, 0.4) is 0 Å². The van der Waals surface area contributed by atoms with E-state index in [1.807, 2.05) is 5.38 Å². The predicted octanol–water partition coefficient (Wildman–Crippen LogP) is 3.67. The fourth-order valence-corrected chi connectivity index (χ4v) is 3.30. The first-order chi connectivity index (χ1) is 6.24. The Morgan fingerprint density at radius 2 is 2.23 bits per heavy atom. The van der Waals surface area contributed by atoms with Crippen molar-refractivity contribution in [3.63, 3.8) is 0 Å². The zero-order chi connectivity index (χ0) is 9.42. The molecule has 0 radical (unpaired) electrons. The fourth-order valence-electron chi connectivity index (χ4n) is 1.25. The van der Waals surface area contributed by atoms with Gasteiger partial charge < -0.3 is 5.73 Å². The lowest BCUT2D eigenvalue weighted by atomic mass is 10.2. The van der Waals surface area contributed by atoms with Crippen molar-refractivity contribution in [2.75, 3.05) is 5.73 Å². The number of fused-ring (bicyclic) bond motifs is 1. The minimum atomic E-state index is 0.833. The lowest BCUT2D eigenvalue weighted by molar-refractivity contribution is 1.35. The summed E-state index contributed by atoms with van der Waals surface area (Å²) in [4.78, 5) is 1.04. The Hall–Kier alpha value is -0.190. The Bertz CT molecular complexity index is 450. The highest BCUT2D eigenvalue weighted by atomic mass is 79.9. The zero-order valence-electron chi connectivity index (χ0n) is 6.75. The number of rotatable bonds is 1. The highest BCUT2D eigenvalue weighted by Gasteiger charge is 2.06. The van der Waals surface area contributed by atoms with Crippen molar-refractivity contribution < 1.29 is 0 Å². The summed E-state index contributed by atoms with van der Waals surface area (Å²) in [7, 11) is 0. The minimum Gasteiger partial charge on any atom is -0.398 e. The summed E-state index contributed by atoms with van der Waals surface area (Å²) in [5, 5.41) is 3.90. The quantitative estimate of drug-likeness (QED) is 0.602. The molecule has 1 aromatic carbocycles. The molecule has 1 nitrogen and oxygen atoms in total. The van der Waals surface area contributed by atoms with Crippen LogP contribution in [0.5, 0.6) is 0 Å². The van der Waals surface area contributed by atoms with Crippen LogP contribution < -0.4 is 5.73 Å². The second-order valence-corrected chi connectivity index (χ2v) is 4.66. The van der Waals surface area contributed by atoms with Gasteiger partial charge in [-0.1, -0.05) is 28.1 Å². The van der Waals surface area contributed by atoms with Gasteiger partial charge in [-0.25, -0.2) is 0 Å². The number of thiophene rings is 1. The SMILES string of the molecule is Nc1csc2c(S)c(CBr)ccc12. The molecule has 13 heavy (non-hydrogen) atoms. The van der Waals surface area contributed by atoms with E-state index in [0.29, 0.717) is 0 Å². The number of nitrogens with two attached hydrogens (primary N) is 1. The molecular formula is C9H8BrNS2. The maximum Gasteiger partial charge on any atom is 0.0503 e. The molecule has 0 aliphatic carbocycles. The van der Waals surface area contributed by atoms with E-state index >= 15 is 0 Å². The number of thiol groups is 1. The molecule has 2 rings (SSSR count). The van der Waals surface area contributed by atoms with E-state index in [1.54, 1.807) is 11.3 Å². The smallest absolute Gasteiger partial charge is 0.0503 e. The molecule has 0 atom stereocenters. The molecule has 0 fully saturated rings. The summed E-state index contributed by atoms with van der Waals surface area (Å²) >= 11 is 9.56. The summed E-state index contributed by atoms with van der Waals surface area (Å²) in [6, 6.07) is 4.11. The molecule has 0 spiro atoms. The standard InChI is InChI=1S/C9H8BrNS2/c10-3-5-1-2-6-7(11)4-13-9(6)8(5)12/h1-2,4,12H,3,11H2. The van der Waals surface area contributed by atoms with E-state index in [2.05, 4.69) is 40.7 Å². The Labute approximate surface area is 94.5 Å². The second-order valence-electron chi connectivity index (χ2n) is 2.77. The van der Waals surface area contributed by atoms with Crippen LogP contribution in [0.1, 0.15) is 5.56 Å². The van der Waals surface area contributed by atoms with Crippen LogP contribution in [-0.2, 0) is 5.33 Å². The predicted molar refractivity (Wildman–Crippen MR) is 66.1 cm³/mol. The van der Waals surface area contributed by atoms with E-state index in [0.717, 1.165) is 21.3 Å². The molecule has 2 aromatic rings. The Morgan fingerprint density at radius 3 is 2.92 bits per heavy atom. The molecule has 1 aromatic heterocycles. The van der Waals surface area contributed by atoms with Gasteiger partial charge in [0, 0.05) is 21.0 Å². The first-order valence-corrected chi connectivity index (χ1v) is 6.22. The molecule has 2 N–H and O–H groups in total. The average molecular weight is 274 g/mol. The molecule has 0 aliphatic heterocycles. The molecule has 0 unspecified atom stereocenters. The summed E-state index contributed by atoms with van der Waals surface area (Å²) in [5.41, 5.74) is 7.85. The van der Waals surface area contributed by atoms with Gasteiger partial charge in [0.1, 0.15) is 0 Å². The van der Waals surface area contributed by atoms with Crippen molar-refractivity contribution in [2.45, 2.75) is 10.2 Å². The zero-order valence-corrected chi connectivity index (χ0v) is 10.0. The van der Waals surface area contributed by atoms with Crippen LogP contribution in [0, 0.1) is 0 Å². The third-order valence-electron chi connectivity index (χ3n) is 1.97. The minimum absolute atomic E-state index is 0.833. The molecule has 0 saturated carbocycles. The van der Waals surface area contributed by atoms with Crippen LogP contribution in [0.2, 0.25) is 0 Å². The largest absolute Gasteiger partial charge is 0.398 e. The first-order valence-electron chi connectivity index (χ1n) is 3.77. The number of anilines is 1. The number of halogens is 1. The lowest BCUT2D eigenvalue weighted by Gasteiger charge is -2.01. The normalized spacial score (nSPS) is 10.9. The van der Waals surface area contributed by atoms with Crippen molar-refractivity contribution in [3.05, 3.63) is 23.1 Å². The summed E-state index contributed by atoms with van der Waals surface area (Å²) in [5.74, 6) is 0. The number of hydrogen-bond donors (Lipinski definition) is 2. The Kier molecular flexibility index (Phi) is 2.53. The summed E-state index contributed by atoms with van der Waals surface area (Å²) in [6.45, 7) is 0. The highest BCUT2D eigenvalue weighted by molar-refractivity contribution is 9.08. The lowest BCUT2D eigenvalue weighted by Crippen LogP contribution is -1.83. The number of benzene rings is 1. The second kappa shape index (κ2) is 3.52. The van der Waals surface area contributed by atoms with E-state index in [1.165, 1.54) is 10.3 Å². The van der Waals surface area contributed by atoms with Crippen molar-refractivity contribution >= 4 is 55.7 Å². The van der Waals surface area contributed by atoms with Gasteiger partial charge in [0.25, 0.3) is 0 Å². The van der Waals surface area contributed by atoms with Gasteiger partial charge in [0.15, 0.2) is 0 Å². The van der Waals surface area contributed by atoms with Crippen LogP contribution >= 0.6 is 39.9 Å². The Balaban J connectivity index is 2.80. The van der Waals surface area contributed by atoms with Crippen LogP contribution in [0.4, 0.5) is 5.69 Å². The van der Waals surface area contributed by atoms with Crippen molar-refractivity contribution in [3.8, 4) is 0 Å². The van der Waals surface area contributed by atoms with Gasteiger partial charge in [-0.15, -0.1) is 24.0 Å². The number of alkyl halides is 1. The third kappa shape index (κ3) is 1.47. The van der Waals surface area contributed by atoms with E-state index in [-0.39, 0.29) is 0 Å². The molecule has 1 heterocycles. The van der Waals surface area contributed by atoms with Gasteiger partial charge in [-0.2, -0.15) is 0 Å². The van der Waals surface area contributed by atoms with Gasteiger partial charge in [0.2, 0.25) is 0 Å². The van der Waals surface area contributed by atoms with E-state index < -0.39 is 0 Å². The highest BCUT2D eigenvalue weighted by Crippen LogP contribution is 2.35. The van der Waals surface area contributed by atoms with Gasteiger partial charge in [-0.05, 0) is 5.56 Å². The Morgan fingerprint density at radius 1 is 1.46 bits per heavy atom. The van der Waals surface area contributed by atoms with Crippen LogP contribution in [0.15, 0.2) is 22.4 Å². The maximum atomic E-state index is 5.80. The van der Waals surface area contributed by atoms with E-state index in [4.69, 9.17) is 5.73 Å². The van der Waals surface area contributed by atoms with Crippen LogP contribution in [0.25, 0.3) is 10.1 Å². The number of nitrogen functional groups attached to an aromatic ring is 1. The maximum absolute atomic E-state index is 5.80. The van der Waals surface area contributed by atoms with Gasteiger partial charge in [-0.3, -0.25) is 0 Å². The monoisotopic (exact) mass is 273 g/mol. The molecule has 0 aliphatic rings. The first kappa shape index (κ1) is 9.37. The molecule has 0 bridgehead atoms. The van der Waals surface area contributed by atoms with Crippen molar-refractivity contribution in [1.29, 1.82) is 0 Å². The fraction of sp³-hybridized carbons (Fsp3) is 0.111. The topological polar surface area (TPSA) is 26.0 Å². The van der Waals surface area contributed by atoms with Gasteiger partial charge in [0.05, 0.1) is 10.4 Å². The average Bonchev–Trinajstić information content (AvgIpc) is 2.50. The molecule has 0 amide bonds.